The number of ether oxygens (including phenoxy) is 1. The number of alkyl halides is 3. The summed E-state index contributed by atoms with van der Waals surface area (Å²) < 4.78 is 44.9. The third kappa shape index (κ3) is 5.45. The van der Waals surface area contributed by atoms with Gasteiger partial charge in [-0.1, -0.05) is 18.2 Å². The van der Waals surface area contributed by atoms with E-state index in [1.165, 1.54) is 6.07 Å². The summed E-state index contributed by atoms with van der Waals surface area (Å²) in [5.41, 5.74) is 0.666. The normalized spacial score (nSPS) is 15.1. The summed E-state index contributed by atoms with van der Waals surface area (Å²) >= 11 is 0. The monoisotopic (exact) mass is 510 g/mol. The number of nitrogens with zero attached hydrogens (tertiary/aromatic N) is 3. The molecule has 0 spiro atoms. The second-order valence-electron chi connectivity index (χ2n) is 8.70. The SMILES string of the molecule is CCOc1ccccc1-c1ccc(C2(NC(=O)O)CCN(c3ccc(C(F)(F)F)cc3C#N)CC2)cn1. The highest BCUT2D eigenvalue weighted by Gasteiger charge is 2.39. The topological polar surface area (TPSA) is 98.5 Å². The van der Waals surface area contributed by atoms with E-state index in [9.17, 15) is 28.3 Å². The molecule has 1 aliphatic heterocycles. The molecule has 0 saturated carbocycles. The first kappa shape index (κ1) is 25.8. The number of hydrogen-bond acceptors (Lipinski definition) is 5. The molecule has 2 aromatic carbocycles. The molecule has 7 nitrogen and oxygen atoms in total. The van der Waals surface area contributed by atoms with E-state index in [0.29, 0.717) is 55.2 Å². The molecule has 4 rings (SSSR count). The van der Waals surface area contributed by atoms with Crippen LogP contribution in [0.25, 0.3) is 11.3 Å². The highest BCUT2D eigenvalue weighted by atomic mass is 19.4. The molecule has 192 valence electrons. The Hall–Kier alpha value is -4.26. The predicted molar refractivity (Wildman–Crippen MR) is 131 cm³/mol. The Balaban J connectivity index is 1.59. The summed E-state index contributed by atoms with van der Waals surface area (Å²) in [6.07, 6.45) is -3.42. The Labute approximate surface area is 212 Å². The first-order chi connectivity index (χ1) is 17.7. The molecule has 1 amide bonds. The van der Waals surface area contributed by atoms with E-state index in [1.54, 1.807) is 11.1 Å². The van der Waals surface area contributed by atoms with Crippen molar-refractivity contribution in [3.8, 4) is 23.1 Å². The number of carbonyl (C=O) groups is 1. The van der Waals surface area contributed by atoms with Crippen molar-refractivity contribution in [3.05, 3.63) is 77.5 Å². The van der Waals surface area contributed by atoms with E-state index in [2.05, 4.69) is 10.3 Å². The fourth-order valence-corrected chi connectivity index (χ4v) is 4.69. The predicted octanol–water partition coefficient (Wildman–Crippen LogP) is 5.80. The minimum absolute atomic E-state index is 0.0764. The number of aromatic nitrogens is 1. The summed E-state index contributed by atoms with van der Waals surface area (Å²) in [4.78, 5) is 18.1. The minimum atomic E-state index is -4.55. The summed E-state index contributed by atoms with van der Waals surface area (Å²) in [5.74, 6) is 0.696. The molecule has 1 saturated heterocycles. The molecule has 0 radical (unpaired) electrons. The zero-order chi connectivity index (χ0) is 26.6. The molecule has 3 aromatic rings. The lowest BCUT2D eigenvalue weighted by Gasteiger charge is -2.43. The number of rotatable bonds is 6. The van der Waals surface area contributed by atoms with Crippen LogP contribution in [-0.2, 0) is 11.7 Å². The molecule has 0 aliphatic carbocycles. The fraction of sp³-hybridized carbons (Fsp3) is 0.296. The van der Waals surface area contributed by atoms with Crippen LogP contribution in [0.2, 0.25) is 0 Å². The lowest BCUT2D eigenvalue weighted by Crippen LogP contribution is -2.53. The lowest BCUT2D eigenvalue weighted by atomic mass is 9.81. The summed E-state index contributed by atoms with van der Waals surface area (Å²) in [6, 6.07) is 16.1. The number of para-hydroxylation sites is 1. The maximum absolute atomic E-state index is 13.1. The van der Waals surface area contributed by atoms with Gasteiger partial charge in [0.25, 0.3) is 0 Å². The van der Waals surface area contributed by atoms with Crippen LogP contribution in [0.1, 0.15) is 36.5 Å². The number of carboxylic acid groups (broad SMARTS) is 1. The van der Waals surface area contributed by atoms with Gasteiger partial charge in [-0.2, -0.15) is 18.4 Å². The molecular weight excluding hydrogens is 485 g/mol. The van der Waals surface area contributed by atoms with Crippen molar-refractivity contribution in [2.24, 2.45) is 0 Å². The van der Waals surface area contributed by atoms with Gasteiger partial charge < -0.3 is 20.1 Å². The van der Waals surface area contributed by atoms with Gasteiger partial charge in [0, 0.05) is 24.8 Å². The number of amides is 1. The van der Waals surface area contributed by atoms with Gasteiger partial charge in [-0.15, -0.1) is 0 Å². The quantitative estimate of drug-likeness (QED) is 0.435. The van der Waals surface area contributed by atoms with Crippen molar-refractivity contribution in [3.63, 3.8) is 0 Å². The average Bonchev–Trinajstić information content (AvgIpc) is 2.88. The molecule has 1 aliphatic rings. The van der Waals surface area contributed by atoms with Gasteiger partial charge in [-0.25, -0.2) is 4.79 Å². The van der Waals surface area contributed by atoms with Crippen LogP contribution >= 0.6 is 0 Å². The molecule has 2 heterocycles. The highest BCUT2D eigenvalue weighted by molar-refractivity contribution is 5.69. The maximum atomic E-state index is 13.1. The Morgan fingerprint density at radius 1 is 1.19 bits per heavy atom. The second-order valence-corrected chi connectivity index (χ2v) is 8.70. The minimum Gasteiger partial charge on any atom is -0.493 e. The van der Waals surface area contributed by atoms with E-state index in [0.717, 1.165) is 17.7 Å². The molecule has 1 aromatic heterocycles. The van der Waals surface area contributed by atoms with Crippen LogP contribution in [0.4, 0.5) is 23.7 Å². The van der Waals surface area contributed by atoms with Crippen LogP contribution in [0, 0.1) is 11.3 Å². The molecule has 0 unspecified atom stereocenters. The summed E-state index contributed by atoms with van der Waals surface area (Å²) in [5, 5.41) is 21.7. The number of piperidine rings is 1. The standard InChI is InChI=1S/C27H25F3N4O3/c1-2-37-24-6-4-3-5-21(24)22-9-7-20(17-32-22)26(33-25(35)36)11-13-34(14-12-26)23-10-8-19(27(28,29)30)15-18(23)16-31/h3-10,15,17,33H,2,11-14H2,1H3,(H,35,36). The van der Waals surface area contributed by atoms with E-state index in [1.807, 2.05) is 49.4 Å². The van der Waals surface area contributed by atoms with Crippen molar-refractivity contribution < 1.29 is 27.8 Å². The number of anilines is 1. The number of hydrogen-bond donors (Lipinski definition) is 2. The number of halogens is 3. The summed E-state index contributed by atoms with van der Waals surface area (Å²) in [7, 11) is 0. The van der Waals surface area contributed by atoms with Crippen molar-refractivity contribution in [1.29, 1.82) is 5.26 Å². The van der Waals surface area contributed by atoms with Gasteiger partial charge in [-0.05, 0) is 61.7 Å². The van der Waals surface area contributed by atoms with E-state index >= 15 is 0 Å². The van der Waals surface area contributed by atoms with Crippen molar-refractivity contribution in [2.45, 2.75) is 31.5 Å². The van der Waals surface area contributed by atoms with Crippen molar-refractivity contribution in [2.75, 3.05) is 24.6 Å². The zero-order valence-electron chi connectivity index (χ0n) is 20.0. The van der Waals surface area contributed by atoms with Crippen molar-refractivity contribution in [1.82, 2.24) is 10.3 Å². The number of nitrogens with one attached hydrogen (secondary N) is 1. The average molecular weight is 511 g/mol. The second kappa shape index (κ2) is 10.4. The lowest BCUT2D eigenvalue weighted by molar-refractivity contribution is -0.137. The van der Waals surface area contributed by atoms with Gasteiger partial charge in [0.15, 0.2) is 0 Å². The molecule has 10 heteroatoms. The van der Waals surface area contributed by atoms with Gasteiger partial charge in [0.1, 0.15) is 11.8 Å². The Bertz CT molecular complexity index is 1310. The number of benzene rings is 2. The van der Waals surface area contributed by atoms with Crippen LogP contribution in [0.3, 0.4) is 0 Å². The molecule has 1 fully saturated rings. The van der Waals surface area contributed by atoms with Gasteiger partial charge >= 0.3 is 12.3 Å². The fourth-order valence-electron chi connectivity index (χ4n) is 4.69. The maximum Gasteiger partial charge on any atom is 0.416 e. The first-order valence-corrected chi connectivity index (χ1v) is 11.7. The molecular formula is C27H25F3N4O3. The van der Waals surface area contributed by atoms with Crippen LogP contribution in [0.5, 0.6) is 5.75 Å². The Morgan fingerprint density at radius 2 is 1.92 bits per heavy atom. The zero-order valence-corrected chi connectivity index (χ0v) is 20.0. The highest BCUT2D eigenvalue weighted by Crippen LogP contribution is 2.38. The number of nitriles is 1. The van der Waals surface area contributed by atoms with E-state index < -0.39 is 23.4 Å². The largest absolute Gasteiger partial charge is 0.493 e. The molecule has 37 heavy (non-hydrogen) atoms. The number of pyridine rings is 1. The van der Waals surface area contributed by atoms with E-state index in [-0.39, 0.29) is 5.56 Å². The van der Waals surface area contributed by atoms with Gasteiger partial charge in [0.05, 0.1) is 34.7 Å². The van der Waals surface area contributed by atoms with Gasteiger partial charge in [0.2, 0.25) is 0 Å². The van der Waals surface area contributed by atoms with Crippen LogP contribution in [0.15, 0.2) is 60.8 Å². The smallest absolute Gasteiger partial charge is 0.416 e. The van der Waals surface area contributed by atoms with Crippen LogP contribution in [-0.4, -0.2) is 35.9 Å². The molecule has 0 atom stereocenters. The third-order valence-electron chi connectivity index (χ3n) is 6.53. The third-order valence-corrected chi connectivity index (χ3v) is 6.53. The molecule has 2 N–H and O–H groups in total. The van der Waals surface area contributed by atoms with Crippen molar-refractivity contribution >= 4 is 11.8 Å². The Morgan fingerprint density at radius 3 is 2.51 bits per heavy atom. The van der Waals surface area contributed by atoms with E-state index in [4.69, 9.17) is 4.74 Å². The summed E-state index contributed by atoms with van der Waals surface area (Å²) in [6.45, 7) is 3.05. The Kier molecular flexibility index (Phi) is 7.25. The first-order valence-electron chi connectivity index (χ1n) is 11.7. The molecule has 0 bridgehead atoms. The van der Waals surface area contributed by atoms with Gasteiger partial charge in [-0.3, -0.25) is 4.98 Å². The van der Waals surface area contributed by atoms with Crippen LogP contribution < -0.4 is 15.0 Å².